The van der Waals surface area contributed by atoms with Gasteiger partial charge in [-0.15, -0.1) is 0 Å². The van der Waals surface area contributed by atoms with Crippen molar-refractivity contribution in [2.24, 2.45) is 10.8 Å². The molecule has 1 aliphatic rings. The molecular formula is C17H22N6O2S. The standard InChI is InChI=1S/C17H22N6O2S/c1-11-14-12(21-22-17(18)26)4-2-5-13(14)25-15(11)16(24)20-6-3-8-23-9-7-19-10-23/h7,9-10H,2-6,8H2,1H3,(H,20,24)(H3,18,22,26)/b21-12+. The van der Waals surface area contributed by atoms with Crippen LogP contribution in [0.1, 0.15) is 46.7 Å². The third-order valence-electron chi connectivity index (χ3n) is 4.27. The molecule has 0 atom stereocenters. The Hall–Kier alpha value is -2.68. The van der Waals surface area contributed by atoms with Crippen molar-refractivity contribution in [3.63, 3.8) is 0 Å². The summed E-state index contributed by atoms with van der Waals surface area (Å²) in [5.41, 5.74) is 10.6. The van der Waals surface area contributed by atoms with Crippen molar-refractivity contribution in [1.29, 1.82) is 0 Å². The number of nitrogens with one attached hydrogen (secondary N) is 2. The SMILES string of the molecule is Cc1c(C(=O)NCCCn2ccnc2)oc2c1/C(=N/NC(N)=S)CCC2. The van der Waals surface area contributed by atoms with E-state index in [1.807, 2.05) is 17.7 Å². The third-order valence-corrected chi connectivity index (χ3v) is 4.36. The number of rotatable bonds is 6. The Morgan fingerprint density at radius 1 is 1.50 bits per heavy atom. The molecule has 2 aromatic heterocycles. The molecular weight excluding hydrogens is 352 g/mol. The topological polar surface area (TPSA) is 110 Å². The fourth-order valence-corrected chi connectivity index (χ4v) is 3.13. The summed E-state index contributed by atoms with van der Waals surface area (Å²) in [6.45, 7) is 3.24. The fraction of sp³-hybridized carbons (Fsp3) is 0.412. The van der Waals surface area contributed by atoms with Gasteiger partial charge in [-0.05, 0) is 38.4 Å². The van der Waals surface area contributed by atoms with Crippen molar-refractivity contribution in [2.45, 2.75) is 39.2 Å². The van der Waals surface area contributed by atoms with E-state index in [-0.39, 0.29) is 11.0 Å². The van der Waals surface area contributed by atoms with Gasteiger partial charge in [0, 0.05) is 43.0 Å². The van der Waals surface area contributed by atoms with E-state index in [2.05, 4.69) is 20.8 Å². The number of aromatic nitrogens is 2. The summed E-state index contributed by atoms with van der Waals surface area (Å²) in [5, 5.41) is 7.29. The molecule has 0 radical (unpaired) electrons. The summed E-state index contributed by atoms with van der Waals surface area (Å²) < 4.78 is 7.81. The van der Waals surface area contributed by atoms with Crippen molar-refractivity contribution in [3.8, 4) is 0 Å². The van der Waals surface area contributed by atoms with E-state index >= 15 is 0 Å². The van der Waals surface area contributed by atoms with Gasteiger partial charge < -0.3 is 20.0 Å². The number of hydrogen-bond acceptors (Lipinski definition) is 5. The minimum atomic E-state index is -0.204. The molecule has 2 heterocycles. The molecule has 0 spiro atoms. The number of furan rings is 1. The van der Waals surface area contributed by atoms with Gasteiger partial charge in [-0.3, -0.25) is 10.2 Å². The molecule has 3 rings (SSSR count). The van der Waals surface area contributed by atoms with Crippen molar-refractivity contribution < 1.29 is 9.21 Å². The molecule has 0 fully saturated rings. The molecule has 0 saturated heterocycles. The van der Waals surface area contributed by atoms with E-state index in [0.29, 0.717) is 12.3 Å². The zero-order valence-electron chi connectivity index (χ0n) is 14.6. The maximum absolute atomic E-state index is 12.5. The highest BCUT2D eigenvalue weighted by Gasteiger charge is 2.27. The summed E-state index contributed by atoms with van der Waals surface area (Å²) in [7, 11) is 0. The van der Waals surface area contributed by atoms with Crippen LogP contribution in [0.2, 0.25) is 0 Å². The van der Waals surface area contributed by atoms with Crippen molar-refractivity contribution in [1.82, 2.24) is 20.3 Å². The first-order valence-electron chi connectivity index (χ1n) is 8.55. The first-order chi connectivity index (χ1) is 12.6. The van der Waals surface area contributed by atoms with Crippen molar-refractivity contribution in [2.75, 3.05) is 6.54 Å². The van der Waals surface area contributed by atoms with E-state index in [4.69, 9.17) is 22.4 Å². The van der Waals surface area contributed by atoms with Gasteiger partial charge in [0.1, 0.15) is 5.76 Å². The lowest BCUT2D eigenvalue weighted by atomic mass is 9.93. The molecule has 0 bridgehead atoms. The Morgan fingerprint density at radius 2 is 2.35 bits per heavy atom. The van der Waals surface area contributed by atoms with Gasteiger partial charge in [0.2, 0.25) is 0 Å². The normalized spacial score (nSPS) is 14.9. The maximum Gasteiger partial charge on any atom is 0.287 e. The van der Waals surface area contributed by atoms with E-state index in [0.717, 1.165) is 54.8 Å². The number of nitrogens with zero attached hydrogens (tertiary/aromatic N) is 3. The molecule has 138 valence electrons. The number of carbonyl (C=O) groups excluding carboxylic acids is 1. The van der Waals surface area contributed by atoms with Crippen LogP contribution in [0.25, 0.3) is 0 Å². The van der Waals surface area contributed by atoms with Gasteiger partial charge in [0.25, 0.3) is 5.91 Å². The van der Waals surface area contributed by atoms with Crippen LogP contribution in [0.5, 0.6) is 0 Å². The van der Waals surface area contributed by atoms with Crippen molar-refractivity contribution >= 4 is 28.9 Å². The Labute approximate surface area is 156 Å². The lowest BCUT2D eigenvalue weighted by Crippen LogP contribution is -2.27. The number of fused-ring (bicyclic) bond motifs is 1. The predicted octanol–water partition coefficient (Wildman–Crippen LogP) is 1.48. The highest BCUT2D eigenvalue weighted by Crippen LogP contribution is 2.29. The highest BCUT2D eigenvalue weighted by molar-refractivity contribution is 7.80. The third kappa shape index (κ3) is 4.10. The zero-order chi connectivity index (χ0) is 18.5. The number of hydrogen-bond donors (Lipinski definition) is 3. The fourth-order valence-electron chi connectivity index (χ4n) is 3.08. The van der Waals surface area contributed by atoms with Crippen LogP contribution in [-0.2, 0) is 13.0 Å². The number of imidazole rings is 1. The van der Waals surface area contributed by atoms with E-state index in [1.165, 1.54) is 0 Å². The number of amides is 1. The monoisotopic (exact) mass is 374 g/mol. The van der Waals surface area contributed by atoms with Gasteiger partial charge in [0.05, 0.1) is 12.0 Å². The lowest BCUT2D eigenvalue weighted by Gasteiger charge is -2.13. The summed E-state index contributed by atoms with van der Waals surface area (Å²) in [4.78, 5) is 16.5. The molecule has 0 unspecified atom stereocenters. The van der Waals surface area contributed by atoms with Crippen LogP contribution in [0, 0.1) is 6.92 Å². The van der Waals surface area contributed by atoms with Crippen LogP contribution in [0.4, 0.5) is 0 Å². The van der Waals surface area contributed by atoms with Gasteiger partial charge in [0.15, 0.2) is 10.9 Å². The molecule has 0 aromatic carbocycles. The Kier molecular flexibility index (Phi) is 5.67. The summed E-state index contributed by atoms with van der Waals surface area (Å²) >= 11 is 4.80. The average molecular weight is 374 g/mol. The molecule has 1 aliphatic carbocycles. The smallest absolute Gasteiger partial charge is 0.287 e. The van der Waals surface area contributed by atoms with Gasteiger partial charge in [-0.25, -0.2) is 4.98 Å². The van der Waals surface area contributed by atoms with E-state index < -0.39 is 0 Å². The molecule has 2 aromatic rings. The van der Waals surface area contributed by atoms with Crippen LogP contribution in [-0.4, -0.2) is 32.8 Å². The molecule has 4 N–H and O–H groups in total. The molecule has 1 amide bonds. The highest BCUT2D eigenvalue weighted by atomic mass is 32.1. The quantitative estimate of drug-likeness (QED) is 0.401. The first-order valence-corrected chi connectivity index (χ1v) is 8.95. The van der Waals surface area contributed by atoms with Gasteiger partial charge in [-0.2, -0.15) is 5.10 Å². The second kappa shape index (κ2) is 8.13. The molecule has 26 heavy (non-hydrogen) atoms. The van der Waals surface area contributed by atoms with Crippen molar-refractivity contribution in [3.05, 3.63) is 41.4 Å². The zero-order valence-corrected chi connectivity index (χ0v) is 15.4. The van der Waals surface area contributed by atoms with Crippen LogP contribution in [0.15, 0.2) is 28.2 Å². The molecule has 8 nitrogen and oxygen atoms in total. The second-order valence-corrected chi connectivity index (χ2v) is 6.59. The number of aryl methyl sites for hydroxylation is 2. The molecule has 0 saturated carbocycles. The minimum absolute atomic E-state index is 0.113. The Morgan fingerprint density at radius 3 is 3.08 bits per heavy atom. The predicted molar refractivity (Wildman–Crippen MR) is 102 cm³/mol. The van der Waals surface area contributed by atoms with E-state index in [9.17, 15) is 4.79 Å². The number of carbonyl (C=O) groups is 1. The number of thiocarbonyl (C=S) groups is 1. The van der Waals surface area contributed by atoms with Gasteiger partial charge in [-0.1, -0.05) is 0 Å². The molecule has 0 aliphatic heterocycles. The minimum Gasteiger partial charge on any atom is -0.455 e. The van der Waals surface area contributed by atoms with Crippen LogP contribution >= 0.6 is 12.2 Å². The number of nitrogens with two attached hydrogens (primary N) is 1. The molecule has 9 heteroatoms. The van der Waals surface area contributed by atoms with E-state index in [1.54, 1.807) is 12.5 Å². The Balaban J connectivity index is 1.66. The average Bonchev–Trinajstić information content (AvgIpc) is 3.25. The lowest BCUT2D eigenvalue weighted by molar-refractivity contribution is 0.0922. The number of hydrazone groups is 1. The summed E-state index contributed by atoms with van der Waals surface area (Å²) in [6.07, 6.45) is 8.69. The summed E-state index contributed by atoms with van der Waals surface area (Å²) in [5.74, 6) is 0.938. The van der Waals surface area contributed by atoms with Crippen LogP contribution in [0.3, 0.4) is 0 Å². The first kappa shape index (κ1) is 18.1. The largest absolute Gasteiger partial charge is 0.455 e. The summed E-state index contributed by atoms with van der Waals surface area (Å²) in [6, 6.07) is 0. The Bertz CT molecular complexity index is 825. The maximum atomic E-state index is 12.5. The van der Waals surface area contributed by atoms with Crippen LogP contribution < -0.4 is 16.5 Å². The second-order valence-electron chi connectivity index (χ2n) is 6.15. The van der Waals surface area contributed by atoms with Gasteiger partial charge >= 0.3 is 0 Å².